The van der Waals surface area contributed by atoms with Crippen LogP contribution >= 0.6 is 11.3 Å². The molecule has 3 rings (SSSR count). The summed E-state index contributed by atoms with van der Waals surface area (Å²) in [6.07, 6.45) is 4.08. The Hall–Kier alpha value is -1.00. The Morgan fingerprint density at radius 2 is 2.00 bits per heavy atom. The van der Waals surface area contributed by atoms with Gasteiger partial charge in [0.2, 0.25) is 0 Å². The molecule has 1 spiro atoms. The fraction of sp³-hybridized carbons (Fsp3) is 0.625. The number of carbonyl (C=O) groups excluding carboxylic acids is 2. The second kappa shape index (κ2) is 5.08. The first-order valence-electron chi connectivity index (χ1n) is 7.21. The molecule has 1 heterocycles. The van der Waals surface area contributed by atoms with Crippen LogP contribution in [-0.2, 0) is 14.3 Å². The summed E-state index contributed by atoms with van der Waals surface area (Å²) in [6, 6.07) is 1.94. The number of carbonyl (C=O) groups is 2. The van der Waals surface area contributed by atoms with E-state index in [0.29, 0.717) is 6.42 Å². The normalized spacial score (nSPS) is 34.1. The Morgan fingerprint density at radius 1 is 1.30 bits per heavy atom. The van der Waals surface area contributed by atoms with Gasteiger partial charge in [-0.2, -0.15) is 0 Å². The average Bonchev–Trinajstić information content (AvgIpc) is 2.94. The van der Waals surface area contributed by atoms with Crippen LogP contribution in [0.1, 0.15) is 48.5 Å². The minimum Gasteiger partial charge on any atom is -0.381 e. The van der Waals surface area contributed by atoms with Crippen LogP contribution in [-0.4, -0.2) is 24.8 Å². The smallest absolute Gasteiger partial charge is 0.154 e. The van der Waals surface area contributed by atoms with E-state index in [0.717, 1.165) is 36.1 Å². The molecule has 1 aromatic rings. The Kier molecular flexibility index (Phi) is 3.55. The molecule has 2 aliphatic carbocycles. The lowest BCUT2D eigenvalue weighted by molar-refractivity contribution is -0.130. The Balaban J connectivity index is 1.86. The van der Waals surface area contributed by atoms with Gasteiger partial charge in [-0.25, -0.2) is 0 Å². The van der Waals surface area contributed by atoms with Crippen LogP contribution in [0.25, 0.3) is 0 Å². The summed E-state index contributed by atoms with van der Waals surface area (Å²) in [5, 5.41) is 1.97. The van der Waals surface area contributed by atoms with Crippen molar-refractivity contribution in [2.45, 2.75) is 51.0 Å². The van der Waals surface area contributed by atoms with E-state index in [1.807, 2.05) is 18.4 Å². The van der Waals surface area contributed by atoms with Gasteiger partial charge in [0, 0.05) is 23.8 Å². The molecule has 1 atom stereocenters. The average molecular weight is 292 g/mol. The van der Waals surface area contributed by atoms with Crippen LogP contribution in [0.3, 0.4) is 0 Å². The molecule has 0 aliphatic heterocycles. The number of methoxy groups -OCH3 is 1. The van der Waals surface area contributed by atoms with Crippen LogP contribution in [0.4, 0.5) is 0 Å². The van der Waals surface area contributed by atoms with Crippen molar-refractivity contribution < 1.29 is 14.3 Å². The van der Waals surface area contributed by atoms with E-state index in [4.69, 9.17) is 4.74 Å². The summed E-state index contributed by atoms with van der Waals surface area (Å²) in [4.78, 5) is 26.4. The van der Waals surface area contributed by atoms with Crippen molar-refractivity contribution in [3.63, 3.8) is 0 Å². The Labute approximate surface area is 123 Å². The molecule has 0 saturated heterocycles. The van der Waals surface area contributed by atoms with Crippen molar-refractivity contribution in [2.75, 3.05) is 7.11 Å². The van der Waals surface area contributed by atoms with Crippen molar-refractivity contribution in [2.24, 2.45) is 5.41 Å². The van der Waals surface area contributed by atoms with Gasteiger partial charge in [-0.15, -0.1) is 11.3 Å². The van der Waals surface area contributed by atoms with Gasteiger partial charge in [0.15, 0.2) is 5.78 Å². The van der Waals surface area contributed by atoms with E-state index in [1.165, 1.54) is 0 Å². The number of hydrogen-bond acceptors (Lipinski definition) is 4. The van der Waals surface area contributed by atoms with Gasteiger partial charge in [-0.05, 0) is 49.6 Å². The monoisotopic (exact) mass is 292 g/mol. The van der Waals surface area contributed by atoms with Crippen LogP contribution in [0, 0.1) is 12.3 Å². The molecule has 3 nitrogen and oxygen atoms in total. The summed E-state index contributed by atoms with van der Waals surface area (Å²) in [5.74, 6) is -0.216. The quantitative estimate of drug-likeness (QED) is 0.786. The summed E-state index contributed by atoms with van der Waals surface area (Å²) >= 11 is 1.61. The number of Topliss-reactive ketones (excluding diaryl/α,β-unsaturated/α-hetero) is 2. The minimum absolute atomic E-state index is 0.118. The van der Waals surface area contributed by atoms with Crippen molar-refractivity contribution >= 4 is 22.9 Å². The van der Waals surface area contributed by atoms with E-state index in [9.17, 15) is 9.59 Å². The molecule has 1 aromatic heterocycles. The molecule has 2 aliphatic rings. The van der Waals surface area contributed by atoms with Gasteiger partial charge in [-0.3, -0.25) is 9.59 Å². The fourth-order valence-corrected chi connectivity index (χ4v) is 4.53. The third-order valence-electron chi connectivity index (χ3n) is 5.05. The second-order valence-electron chi connectivity index (χ2n) is 6.09. The number of aryl methyl sites for hydroxylation is 1. The maximum Gasteiger partial charge on any atom is 0.154 e. The van der Waals surface area contributed by atoms with Gasteiger partial charge >= 0.3 is 0 Å². The van der Waals surface area contributed by atoms with Crippen LogP contribution in [0.5, 0.6) is 0 Å². The molecule has 1 unspecified atom stereocenters. The van der Waals surface area contributed by atoms with Crippen molar-refractivity contribution in [1.82, 2.24) is 0 Å². The first-order chi connectivity index (χ1) is 9.57. The van der Waals surface area contributed by atoms with E-state index >= 15 is 0 Å². The van der Waals surface area contributed by atoms with Gasteiger partial charge in [0.1, 0.15) is 11.7 Å². The van der Waals surface area contributed by atoms with E-state index in [2.05, 4.69) is 0 Å². The zero-order valence-corrected chi connectivity index (χ0v) is 12.8. The lowest BCUT2D eigenvalue weighted by atomic mass is 9.70. The summed E-state index contributed by atoms with van der Waals surface area (Å²) in [6.45, 7) is 1.99. The van der Waals surface area contributed by atoms with Crippen molar-refractivity contribution in [1.29, 1.82) is 0 Å². The van der Waals surface area contributed by atoms with Crippen LogP contribution in [0.15, 0.2) is 11.4 Å². The standard InChI is InChI=1S/C16H20O3S/c1-10-12(5-8-20-10)14-13(17)9-16(15(14)18)6-3-11(19-2)4-7-16/h5,8,11,14H,3-4,6-7,9H2,1-2H3. The molecule has 20 heavy (non-hydrogen) atoms. The third kappa shape index (κ3) is 2.06. The van der Waals surface area contributed by atoms with Gasteiger partial charge in [0.05, 0.1) is 6.10 Å². The third-order valence-corrected chi connectivity index (χ3v) is 5.91. The zero-order valence-electron chi connectivity index (χ0n) is 12.0. The lowest BCUT2D eigenvalue weighted by Gasteiger charge is -2.35. The Bertz CT molecular complexity index is 538. The first-order valence-corrected chi connectivity index (χ1v) is 8.09. The predicted molar refractivity (Wildman–Crippen MR) is 78.1 cm³/mol. The van der Waals surface area contributed by atoms with Gasteiger partial charge in [-0.1, -0.05) is 0 Å². The Morgan fingerprint density at radius 3 is 2.55 bits per heavy atom. The molecule has 2 fully saturated rings. The predicted octanol–water partition coefficient (Wildman–Crippen LogP) is 3.26. The molecular weight excluding hydrogens is 272 g/mol. The molecule has 4 heteroatoms. The first kappa shape index (κ1) is 14.0. The number of ketones is 2. The number of thiophene rings is 1. The van der Waals surface area contributed by atoms with Gasteiger partial charge < -0.3 is 4.74 Å². The molecule has 0 aromatic carbocycles. The molecular formula is C16H20O3S. The molecule has 0 amide bonds. The summed E-state index contributed by atoms with van der Waals surface area (Å²) in [5.41, 5.74) is 0.543. The zero-order chi connectivity index (χ0) is 14.3. The van der Waals surface area contributed by atoms with E-state index < -0.39 is 11.3 Å². The maximum atomic E-state index is 12.9. The highest BCUT2D eigenvalue weighted by atomic mass is 32.1. The number of ether oxygens (including phenoxy) is 1. The fourth-order valence-electron chi connectivity index (χ4n) is 3.79. The lowest BCUT2D eigenvalue weighted by Crippen LogP contribution is -2.35. The van der Waals surface area contributed by atoms with Crippen LogP contribution < -0.4 is 0 Å². The molecule has 0 radical (unpaired) electrons. The molecule has 0 bridgehead atoms. The summed E-state index contributed by atoms with van der Waals surface area (Å²) in [7, 11) is 1.72. The highest BCUT2D eigenvalue weighted by Crippen LogP contribution is 2.50. The van der Waals surface area contributed by atoms with Crippen molar-refractivity contribution in [3.8, 4) is 0 Å². The second-order valence-corrected chi connectivity index (χ2v) is 7.21. The summed E-state index contributed by atoms with van der Waals surface area (Å²) < 4.78 is 5.38. The van der Waals surface area contributed by atoms with Crippen LogP contribution in [0.2, 0.25) is 0 Å². The molecule has 108 valence electrons. The topological polar surface area (TPSA) is 43.4 Å². The highest BCUT2D eigenvalue weighted by molar-refractivity contribution is 7.10. The van der Waals surface area contributed by atoms with E-state index in [1.54, 1.807) is 18.4 Å². The molecule has 0 N–H and O–H groups in total. The molecule has 2 saturated carbocycles. The maximum absolute atomic E-state index is 12.9. The van der Waals surface area contributed by atoms with Gasteiger partial charge in [0.25, 0.3) is 0 Å². The number of rotatable bonds is 2. The van der Waals surface area contributed by atoms with Crippen molar-refractivity contribution in [3.05, 3.63) is 21.9 Å². The minimum atomic E-state index is -0.500. The number of hydrogen-bond donors (Lipinski definition) is 0. The largest absolute Gasteiger partial charge is 0.381 e. The van der Waals surface area contributed by atoms with E-state index in [-0.39, 0.29) is 17.7 Å². The highest BCUT2D eigenvalue weighted by Gasteiger charge is 2.54. The SMILES string of the molecule is COC1CCC2(CC1)CC(=O)C(c1ccsc1C)C2=O.